The highest BCUT2D eigenvalue weighted by Gasteiger charge is 2.15. The maximum Gasteiger partial charge on any atom is 0.194 e. The van der Waals surface area contributed by atoms with Crippen LogP contribution in [0.1, 0.15) is 15.9 Å². The fourth-order valence-electron chi connectivity index (χ4n) is 2.13. The van der Waals surface area contributed by atoms with Gasteiger partial charge in [-0.25, -0.2) is 4.39 Å². The van der Waals surface area contributed by atoms with Gasteiger partial charge in [-0.15, -0.1) is 0 Å². The Morgan fingerprint density at radius 1 is 1.10 bits per heavy atom. The molecule has 0 fully saturated rings. The van der Waals surface area contributed by atoms with Crippen LogP contribution < -0.4 is 0 Å². The number of fused-ring (bicyclic) bond motifs is 1. The Bertz CT molecular complexity index is 811. The predicted octanol–water partition coefficient (Wildman–Crippen LogP) is 4.21. The monoisotopic (exact) mass is 377 g/mol. The van der Waals surface area contributed by atoms with Gasteiger partial charge in [-0.1, -0.05) is 18.2 Å². The van der Waals surface area contributed by atoms with Crippen LogP contribution in [0.4, 0.5) is 4.39 Å². The van der Waals surface area contributed by atoms with E-state index in [0.717, 1.165) is 10.8 Å². The maximum absolute atomic E-state index is 13.1. The van der Waals surface area contributed by atoms with E-state index in [-0.39, 0.29) is 11.6 Å². The van der Waals surface area contributed by atoms with Crippen molar-refractivity contribution in [2.45, 2.75) is 0 Å². The standard InChI is InChI=1S/C16H9FINO/c17-11-4-5-13(15(18)8-11)16(20)12-3-1-2-10-6-7-19-9-14(10)12/h1-9H. The molecule has 1 heterocycles. The third-order valence-corrected chi connectivity index (χ3v) is 4.00. The zero-order valence-electron chi connectivity index (χ0n) is 10.3. The summed E-state index contributed by atoms with van der Waals surface area (Å²) >= 11 is 1.98. The summed E-state index contributed by atoms with van der Waals surface area (Å²) in [4.78, 5) is 16.7. The number of pyridine rings is 1. The van der Waals surface area contributed by atoms with Gasteiger partial charge in [0.2, 0.25) is 0 Å². The number of hydrogen-bond acceptors (Lipinski definition) is 2. The van der Waals surface area contributed by atoms with E-state index in [1.807, 2.05) is 40.8 Å². The van der Waals surface area contributed by atoms with Crippen molar-refractivity contribution < 1.29 is 9.18 Å². The van der Waals surface area contributed by atoms with Crippen LogP contribution in [0.3, 0.4) is 0 Å². The van der Waals surface area contributed by atoms with Gasteiger partial charge in [0.25, 0.3) is 0 Å². The predicted molar refractivity (Wildman–Crippen MR) is 84.3 cm³/mol. The molecule has 0 saturated carbocycles. The summed E-state index contributed by atoms with van der Waals surface area (Å²) in [5, 5.41) is 1.77. The molecule has 0 bridgehead atoms. The van der Waals surface area contributed by atoms with Crippen molar-refractivity contribution in [2.75, 3.05) is 0 Å². The molecule has 0 spiro atoms. The summed E-state index contributed by atoms with van der Waals surface area (Å²) in [6.45, 7) is 0. The average molecular weight is 377 g/mol. The Labute approximate surface area is 128 Å². The number of aromatic nitrogens is 1. The lowest BCUT2D eigenvalue weighted by atomic mass is 9.98. The summed E-state index contributed by atoms with van der Waals surface area (Å²) in [5.41, 5.74) is 1.09. The van der Waals surface area contributed by atoms with Crippen LogP contribution >= 0.6 is 22.6 Å². The zero-order chi connectivity index (χ0) is 14.1. The van der Waals surface area contributed by atoms with E-state index in [1.165, 1.54) is 18.2 Å². The van der Waals surface area contributed by atoms with E-state index < -0.39 is 0 Å². The Morgan fingerprint density at radius 2 is 1.95 bits per heavy atom. The van der Waals surface area contributed by atoms with Gasteiger partial charge in [0.15, 0.2) is 5.78 Å². The molecule has 0 N–H and O–H groups in total. The molecule has 0 aliphatic carbocycles. The first-order valence-corrected chi connectivity index (χ1v) is 7.07. The van der Waals surface area contributed by atoms with Crippen LogP contribution in [0.2, 0.25) is 0 Å². The lowest BCUT2D eigenvalue weighted by Gasteiger charge is -2.07. The number of nitrogens with zero attached hydrogens (tertiary/aromatic N) is 1. The van der Waals surface area contributed by atoms with Crippen molar-refractivity contribution in [1.82, 2.24) is 4.98 Å². The van der Waals surface area contributed by atoms with Crippen LogP contribution in [-0.2, 0) is 0 Å². The van der Waals surface area contributed by atoms with Crippen molar-refractivity contribution in [1.29, 1.82) is 0 Å². The normalized spacial score (nSPS) is 10.7. The Balaban J connectivity index is 2.18. The van der Waals surface area contributed by atoms with E-state index >= 15 is 0 Å². The molecule has 0 aliphatic heterocycles. The van der Waals surface area contributed by atoms with E-state index in [2.05, 4.69) is 4.98 Å². The van der Waals surface area contributed by atoms with Crippen molar-refractivity contribution in [2.24, 2.45) is 0 Å². The van der Waals surface area contributed by atoms with E-state index in [4.69, 9.17) is 0 Å². The molecule has 98 valence electrons. The maximum atomic E-state index is 13.1. The van der Waals surface area contributed by atoms with Gasteiger partial charge in [0, 0.05) is 32.5 Å². The fraction of sp³-hybridized carbons (Fsp3) is 0. The van der Waals surface area contributed by atoms with Crippen molar-refractivity contribution >= 4 is 39.1 Å². The van der Waals surface area contributed by atoms with Crippen molar-refractivity contribution in [3.8, 4) is 0 Å². The number of carbonyl (C=O) groups is 1. The molecule has 0 unspecified atom stereocenters. The van der Waals surface area contributed by atoms with E-state index in [0.29, 0.717) is 14.7 Å². The smallest absolute Gasteiger partial charge is 0.194 e. The minimum Gasteiger partial charge on any atom is -0.289 e. The Kier molecular flexibility index (Phi) is 3.48. The third kappa shape index (κ3) is 2.31. The molecule has 0 radical (unpaired) electrons. The van der Waals surface area contributed by atoms with Gasteiger partial charge in [-0.3, -0.25) is 9.78 Å². The average Bonchev–Trinajstić information content (AvgIpc) is 2.46. The third-order valence-electron chi connectivity index (χ3n) is 3.10. The number of carbonyl (C=O) groups excluding carboxylic acids is 1. The minimum atomic E-state index is -0.342. The highest BCUT2D eigenvalue weighted by atomic mass is 127. The second-order valence-electron chi connectivity index (χ2n) is 4.36. The van der Waals surface area contributed by atoms with Crippen molar-refractivity contribution in [3.63, 3.8) is 0 Å². The van der Waals surface area contributed by atoms with Gasteiger partial charge in [0.05, 0.1) is 0 Å². The molecule has 3 rings (SSSR count). The molecule has 0 saturated heterocycles. The molecule has 2 nitrogen and oxygen atoms in total. The summed E-state index contributed by atoms with van der Waals surface area (Å²) in [6.07, 6.45) is 3.37. The van der Waals surface area contributed by atoms with E-state index in [1.54, 1.807) is 18.5 Å². The summed E-state index contributed by atoms with van der Waals surface area (Å²) in [5.74, 6) is -0.460. The van der Waals surface area contributed by atoms with Gasteiger partial charge >= 0.3 is 0 Å². The SMILES string of the molecule is O=C(c1ccc(F)cc1I)c1cccc2ccncc12. The first kappa shape index (κ1) is 13.2. The topological polar surface area (TPSA) is 30.0 Å². The van der Waals surface area contributed by atoms with Gasteiger partial charge in [-0.05, 0) is 52.2 Å². The quantitative estimate of drug-likeness (QED) is 0.495. The summed E-state index contributed by atoms with van der Waals surface area (Å²) < 4.78 is 13.7. The van der Waals surface area contributed by atoms with Crippen LogP contribution in [0.15, 0.2) is 54.9 Å². The number of halogens is 2. The second-order valence-corrected chi connectivity index (χ2v) is 5.52. The van der Waals surface area contributed by atoms with Crippen LogP contribution in [0, 0.1) is 9.39 Å². The summed E-state index contributed by atoms with van der Waals surface area (Å²) in [6, 6.07) is 11.6. The van der Waals surface area contributed by atoms with E-state index in [9.17, 15) is 9.18 Å². The molecular weight excluding hydrogens is 368 g/mol. The van der Waals surface area contributed by atoms with Crippen LogP contribution in [0.25, 0.3) is 10.8 Å². The molecule has 0 atom stereocenters. The van der Waals surface area contributed by atoms with Crippen molar-refractivity contribution in [3.05, 3.63) is 75.4 Å². The molecule has 4 heteroatoms. The molecule has 20 heavy (non-hydrogen) atoms. The summed E-state index contributed by atoms with van der Waals surface area (Å²) in [7, 11) is 0. The Morgan fingerprint density at radius 3 is 2.75 bits per heavy atom. The molecule has 3 aromatic rings. The first-order valence-electron chi connectivity index (χ1n) is 5.99. The largest absolute Gasteiger partial charge is 0.289 e. The number of hydrogen-bond donors (Lipinski definition) is 0. The minimum absolute atomic E-state index is 0.118. The zero-order valence-corrected chi connectivity index (χ0v) is 12.5. The molecule has 2 aromatic carbocycles. The first-order chi connectivity index (χ1) is 9.66. The lowest BCUT2D eigenvalue weighted by molar-refractivity contribution is 0.103. The highest BCUT2D eigenvalue weighted by molar-refractivity contribution is 14.1. The van der Waals surface area contributed by atoms with Crippen LogP contribution in [-0.4, -0.2) is 10.8 Å². The molecule has 1 aromatic heterocycles. The highest BCUT2D eigenvalue weighted by Crippen LogP contribution is 2.23. The number of ketones is 1. The lowest BCUT2D eigenvalue weighted by Crippen LogP contribution is -2.05. The van der Waals surface area contributed by atoms with Gasteiger partial charge < -0.3 is 0 Å². The fourth-order valence-corrected chi connectivity index (χ4v) is 2.85. The second kappa shape index (κ2) is 5.28. The van der Waals surface area contributed by atoms with Gasteiger partial charge in [0.1, 0.15) is 5.82 Å². The van der Waals surface area contributed by atoms with Crippen LogP contribution in [0.5, 0.6) is 0 Å². The Hall–Kier alpha value is -1.82. The molecule has 0 amide bonds. The van der Waals surface area contributed by atoms with Gasteiger partial charge in [-0.2, -0.15) is 0 Å². The number of rotatable bonds is 2. The number of benzene rings is 2. The molecule has 0 aliphatic rings. The molecular formula is C16H9FINO.